The number of thioether (sulfide) groups is 1. The molecule has 3 nitrogen and oxygen atoms in total. The summed E-state index contributed by atoms with van der Waals surface area (Å²) in [6, 6.07) is 14.5. The van der Waals surface area contributed by atoms with Crippen molar-refractivity contribution >= 4 is 17.5 Å². The quantitative estimate of drug-likeness (QED) is 0.568. The number of hydrogen-bond donors (Lipinski definition) is 1. The van der Waals surface area contributed by atoms with Crippen molar-refractivity contribution in [3.05, 3.63) is 59.2 Å². The molecule has 2 bridgehead atoms. The van der Waals surface area contributed by atoms with Crippen molar-refractivity contribution in [2.75, 3.05) is 19.3 Å². The van der Waals surface area contributed by atoms with Gasteiger partial charge in [0.15, 0.2) is 5.78 Å². The molecule has 0 radical (unpaired) electrons. The van der Waals surface area contributed by atoms with Crippen molar-refractivity contribution in [1.29, 1.82) is 0 Å². The van der Waals surface area contributed by atoms with Gasteiger partial charge in [-0.1, -0.05) is 31.0 Å². The fourth-order valence-electron chi connectivity index (χ4n) is 6.32. The van der Waals surface area contributed by atoms with E-state index in [4.69, 9.17) is 0 Å². The molecule has 1 saturated carbocycles. The number of rotatable bonds is 4. The van der Waals surface area contributed by atoms with E-state index in [1.807, 2.05) is 36.4 Å². The summed E-state index contributed by atoms with van der Waals surface area (Å²) < 4.78 is 0. The number of phenols is 1. The molecule has 0 aromatic heterocycles. The van der Waals surface area contributed by atoms with Crippen LogP contribution >= 0.6 is 11.8 Å². The number of likely N-dealkylation sites (tertiary alicyclic amines) is 1. The average molecular weight is 408 g/mol. The lowest BCUT2D eigenvalue weighted by Crippen LogP contribution is -2.61. The summed E-state index contributed by atoms with van der Waals surface area (Å²) in [6.45, 7) is 1.49. The van der Waals surface area contributed by atoms with E-state index in [2.05, 4.69) is 17.2 Å². The molecule has 3 aliphatic rings. The van der Waals surface area contributed by atoms with Crippen LogP contribution in [0.4, 0.5) is 0 Å². The van der Waals surface area contributed by atoms with Crippen LogP contribution in [0, 0.1) is 5.92 Å². The third-order valence-electron chi connectivity index (χ3n) is 7.69. The Hall–Kier alpha value is -1.78. The summed E-state index contributed by atoms with van der Waals surface area (Å²) >= 11 is 1.70. The first-order valence-corrected chi connectivity index (χ1v) is 12.1. The van der Waals surface area contributed by atoms with Gasteiger partial charge in [-0.05, 0) is 79.8 Å². The highest BCUT2D eigenvalue weighted by Crippen LogP contribution is 2.56. The first-order chi connectivity index (χ1) is 14.1. The van der Waals surface area contributed by atoms with Crippen LogP contribution in [0.3, 0.4) is 0 Å². The maximum absolute atomic E-state index is 13.0. The second-order valence-electron chi connectivity index (χ2n) is 8.99. The molecule has 0 spiro atoms. The van der Waals surface area contributed by atoms with E-state index < -0.39 is 0 Å². The maximum Gasteiger partial charge on any atom is 0.176 e. The molecule has 3 atom stereocenters. The number of hydrogen-bond acceptors (Lipinski definition) is 4. The van der Waals surface area contributed by atoms with E-state index in [9.17, 15) is 9.90 Å². The third-order valence-corrected chi connectivity index (χ3v) is 8.44. The predicted molar refractivity (Wildman–Crippen MR) is 118 cm³/mol. The van der Waals surface area contributed by atoms with E-state index in [0.717, 1.165) is 24.9 Å². The fourth-order valence-corrected chi connectivity index (χ4v) is 6.73. The van der Waals surface area contributed by atoms with Crippen LogP contribution in [0.25, 0.3) is 0 Å². The van der Waals surface area contributed by atoms with E-state index in [-0.39, 0.29) is 11.2 Å². The zero-order valence-corrected chi connectivity index (χ0v) is 17.9. The SMILES string of the molecule is CSc1ccc(C(=O)CN2CC[C@]34CCCC[C@H]3[C@@H]2Cc2ccc(O)cc24)cc1. The summed E-state index contributed by atoms with van der Waals surface area (Å²) in [5.41, 5.74) is 3.81. The molecule has 152 valence electrons. The highest BCUT2D eigenvalue weighted by atomic mass is 32.2. The Balaban J connectivity index is 1.43. The van der Waals surface area contributed by atoms with Gasteiger partial charge in [-0.3, -0.25) is 9.69 Å². The molecule has 1 saturated heterocycles. The standard InChI is InChI=1S/C25H29NO2S/c1-29-20-9-6-17(7-10-20)24(28)16-26-13-12-25-11-3-2-4-21(25)23(26)14-18-5-8-19(27)15-22(18)25/h5-10,15,21,23,27H,2-4,11-14,16H2,1H3/t21-,23-,25+/m0/s1. The first kappa shape index (κ1) is 19.2. The largest absolute Gasteiger partial charge is 0.508 e. The van der Waals surface area contributed by atoms with Crippen molar-refractivity contribution in [2.24, 2.45) is 5.92 Å². The summed E-state index contributed by atoms with van der Waals surface area (Å²) in [6.07, 6.45) is 9.19. The Labute approximate surface area is 177 Å². The summed E-state index contributed by atoms with van der Waals surface area (Å²) in [5.74, 6) is 1.23. The van der Waals surface area contributed by atoms with Crippen molar-refractivity contribution in [3.8, 4) is 5.75 Å². The van der Waals surface area contributed by atoms with Crippen molar-refractivity contribution < 1.29 is 9.90 Å². The van der Waals surface area contributed by atoms with Gasteiger partial charge < -0.3 is 5.11 Å². The number of aromatic hydroxyl groups is 1. The zero-order valence-electron chi connectivity index (χ0n) is 17.1. The molecule has 2 aliphatic carbocycles. The molecule has 0 unspecified atom stereocenters. The minimum Gasteiger partial charge on any atom is -0.508 e. The molecular weight excluding hydrogens is 378 g/mol. The summed E-state index contributed by atoms with van der Waals surface area (Å²) in [7, 11) is 0. The Morgan fingerprint density at radius 3 is 2.79 bits per heavy atom. The smallest absolute Gasteiger partial charge is 0.176 e. The van der Waals surface area contributed by atoms with Crippen molar-refractivity contribution in [3.63, 3.8) is 0 Å². The maximum atomic E-state index is 13.0. The predicted octanol–water partition coefficient (Wildman–Crippen LogP) is 5.06. The highest BCUT2D eigenvalue weighted by Gasteiger charge is 2.53. The Morgan fingerprint density at radius 1 is 1.17 bits per heavy atom. The molecule has 2 fully saturated rings. The number of carbonyl (C=O) groups excluding carboxylic acids is 1. The number of fused-ring (bicyclic) bond motifs is 1. The van der Waals surface area contributed by atoms with Crippen LogP contribution in [0.2, 0.25) is 0 Å². The van der Waals surface area contributed by atoms with Crippen LogP contribution in [0.1, 0.15) is 53.6 Å². The number of benzene rings is 2. The lowest BCUT2D eigenvalue weighted by molar-refractivity contribution is -0.00848. The van der Waals surface area contributed by atoms with Gasteiger partial charge in [0.25, 0.3) is 0 Å². The van der Waals surface area contributed by atoms with Crippen LogP contribution < -0.4 is 0 Å². The third kappa shape index (κ3) is 3.21. The van der Waals surface area contributed by atoms with Gasteiger partial charge in [0.05, 0.1) is 6.54 Å². The van der Waals surface area contributed by atoms with Crippen LogP contribution in [-0.4, -0.2) is 41.2 Å². The first-order valence-electron chi connectivity index (χ1n) is 10.8. The number of Topliss-reactive ketones (excluding diaryl/α,β-unsaturated/α-hetero) is 1. The zero-order chi connectivity index (χ0) is 20.0. The number of phenolic OH excluding ortho intramolecular Hbond substituents is 1. The molecular formula is C25H29NO2S. The molecule has 1 aliphatic heterocycles. The second kappa shape index (κ2) is 7.48. The van der Waals surface area contributed by atoms with Gasteiger partial charge in [0.2, 0.25) is 0 Å². The van der Waals surface area contributed by atoms with Crippen molar-refractivity contribution in [2.45, 2.75) is 54.9 Å². The molecule has 29 heavy (non-hydrogen) atoms. The Morgan fingerprint density at radius 2 is 2.00 bits per heavy atom. The fraction of sp³-hybridized carbons (Fsp3) is 0.480. The van der Waals surface area contributed by atoms with E-state index in [1.54, 1.807) is 11.8 Å². The van der Waals surface area contributed by atoms with E-state index >= 15 is 0 Å². The molecule has 2 aromatic carbocycles. The summed E-state index contributed by atoms with van der Waals surface area (Å²) in [4.78, 5) is 16.7. The molecule has 1 heterocycles. The Bertz CT molecular complexity index is 925. The van der Waals surface area contributed by atoms with Crippen LogP contribution in [0.15, 0.2) is 47.4 Å². The van der Waals surface area contributed by atoms with Gasteiger partial charge in [-0.15, -0.1) is 11.8 Å². The van der Waals surface area contributed by atoms with Crippen molar-refractivity contribution in [1.82, 2.24) is 4.90 Å². The Kier molecular flexibility index (Phi) is 4.95. The molecule has 2 aromatic rings. The number of ketones is 1. The number of nitrogens with zero attached hydrogens (tertiary/aromatic N) is 1. The van der Waals surface area contributed by atoms with Crippen LogP contribution in [0.5, 0.6) is 5.75 Å². The highest BCUT2D eigenvalue weighted by molar-refractivity contribution is 7.98. The normalized spacial score (nSPS) is 28.4. The van der Waals surface area contributed by atoms with Gasteiger partial charge >= 0.3 is 0 Å². The molecule has 4 heteroatoms. The topological polar surface area (TPSA) is 40.5 Å². The van der Waals surface area contributed by atoms with Gasteiger partial charge in [0.1, 0.15) is 5.75 Å². The second-order valence-corrected chi connectivity index (χ2v) is 9.87. The summed E-state index contributed by atoms with van der Waals surface area (Å²) in [5, 5.41) is 10.2. The van der Waals surface area contributed by atoms with Gasteiger partial charge in [-0.2, -0.15) is 0 Å². The number of piperidine rings is 1. The monoisotopic (exact) mass is 407 g/mol. The molecule has 0 amide bonds. The minimum atomic E-state index is 0.203. The van der Waals surface area contributed by atoms with Gasteiger partial charge in [-0.25, -0.2) is 0 Å². The number of carbonyl (C=O) groups is 1. The van der Waals surface area contributed by atoms with Gasteiger partial charge in [0, 0.05) is 21.9 Å². The lowest BCUT2D eigenvalue weighted by Gasteiger charge is -2.59. The average Bonchev–Trinajstić information content (AvgIpc) is 2.76. The minimum absolute atomic E-state index is 0.203. The lowest BCUT2D eigenvalue weighted by atomic mass is 9.52. The molecule has 1 N–H and O–H groups in total. The molecule has 5 rings (SSSR count). The van der Waals surface area contributed by atoms with E-state index in [0.29, 0.717) is 24.3 Å². The van der Waals surface area contributed by atoms with Crippen LogP contribution in [-0.2, 0) is 11.8 Å². The van der Waals surface area contributed by atoms with E-state index in [1.165, 1.54) is 41.7 Å².